The summed E-state index contributed by atoms with van der Waals surface area (Å²) in [6.45, 7) is 5.42. The zero-order valence-corrected chi connectivity index (χ0v) is 18.0. The highest BCUT2D eigenvalue weighted by molar-refractivity contribution is 5.92. The number of rotatable bonds is 7. The van der Waals surface area contributed by atoms with E-state index >= 15 is 0 Å². The van der Waals surface area contributed by atoms with Crippen LogP contribution in [0.3, 0.4) is 0 Å². The molecule has 0 aliphatic carbocycles. The predicted octanol–water partition coefficient (Wildman–Crippen LogP) is 4.46. The number of likely N-dealkylation sites (tertiary alicyclic amines) is 1. The number of benzene rings is 1. The second kappa shape index (κ2) is 10.3. The smallest absolute Gasteiger partial charge is 0.270 e. The Hall–Kier alpha value is -3.05. The molecule has 1 aromatic carbocycles. The van der Waals surface area contributed by atoms with Gasteiger partial charge in [-0.1, -0.05) is 49.4 Å². The Balaban J connectivity index is 1.41. The average molecular weight is 415 g/mol. The topological polar surface area (TPSA) is 58.1 Å². The molecule has 0 saturated carbocycles. The number of nitrogens with zero attached hydrogens (tertiary/aromatic N) is 3. The Bertz CT molecular complexity index is 941. The zero-order valence-electron chi connectivity index (χ0n) is 18.0. The molecule has 3 aromatic rings. The number of carbonyl (C=O) groups excluding carboxylic acids is 1. The highest BCUT2D eigenvalue weighted by Crippen LogP contribution is 2.31. The fourth-order valence-electron chi connectivity index (χ4n) is 4.45. The van der Waals surface area contributed by atoms with Crippen LogP contribution in [0.4, 0.5) is 0 Å². The summed E-state index contributed by atoms with van der Waals surface area (Å²) in [4.78, 5) is 24.1. The van der Waals surface area contributed by atoms with E-state index in [1.807, 2.05) is 30.3 Å². The number of pyridine rings is 2. The van der Waals surface area contributed by atoms with Gasteiger partial charge in [-0.05, 0) is 67.6 Å². The van der Waals surface area contributed by atoms with Gasteiger partial charge in [-0.2, -0.15) is 0 Å². The molecule has 2 atom stereocenters. The summed E-state index contributed by atoms with van der Waals surface area (Å²) >= 11 is 0. The van der Waals surface area contributed by atoms with E-state index in [0.717, 1.165) is 38.2 Å². The van der Waals surface area contributed by atoms with Crippen molar-refractivity contribution in [3.05, 3.63) is 96.1 Å². The normalized spacial score (nSPS) is 17.1. The number of carbonyl (C=O) groups is 1. The van der Waals surface area contributed by atoms with E-state index in [9.17, 15) is 4.79 Å². The monoisotopic (exact) mass is 414 g/mol. The Morgan fingerprint density at radius 2 is 1.65 bits per heavy atom. The van der Waals surface area contributed by atoms with Crippen molar-refractivity contribution in [1.82, 2.24) is 20.2 Å². The van der Waals surface area contributed by atoms with Crippen LogP contribution in [-0.4, -0.2) is 40.4 Å². The highest BCUT2D eigenvalue weighted by atomic mass is 16.1. The van der Waals surface area contributed by atoms with E-state index in [2.05, 4.69) is 57.4 Å². The molecule has 5 heteroatoms. The second-order valence-electron chi connectivity index (χ2n) is 8.37. The first-order valence-corrected chi connectivity index (χ1v) is 11.1. The van der Waals surface area contributed by atoms with Crippen molar-refractivity contribution in [2.45, 2.75) is 31.7 Å². The van der Waals surface area contributed by atoms with Crippen LogP contribution in [0.15, 0.2) is 79.1 Å². The van der Waals surface area contributed by atoms with Gasteiger partial charge in [0.2, 0.25) is 0 Å². The Morgan fingerprint density at radius 3 is 2.29 bits per heavy atom. The van der Waals surface area contributed by atoms with Crippen LogP contribution in [0.5, 0.6) is 0 Å². The van der Waals surface area contributed by atoms with Crippen LogP contribution in [0.2, 0.25) is 0 Å². The van der Waals surface area contributed by atoms with Crippen LogP contribution in [0.25, 0.3) is 0 Å². The quantitative estimate of drug-likeness (QED) is 0.620. The molecule has 160 valence electrons. The molecule has 2 aromatic heterocycles. The minimum Gasteiger partial charge on any atom is -0.342 e. The van der Waals surface area contributed by atoms with Gasteiger partial charge in [0.25, 0.3) is 5.91 Å². The zero-order chi connectivity index (χ0) is 21.5. The van der Waals surface area contributed by atoms with Crippen LogP contribution in [-0.2, 0) is 0 Å². The van der Waals surface area contributed by atoms with E-state index in [0.29, 0.717) is 17.5 Å². The molecule has 1 amide bonds. The standard InChI is InChI=1S/C26H30N4O/c1-20(21-9-3-2-4-10-21)19-30-17-13-22(14-18-30)25(23-11-5-7-15-27-23)29-26(31)24-12-6-8-16-28-24/h2-12,15-16,20,22,25H,13-14,17-19H2,1H3,(H,29,31). The molecule has 2 unspecified atom stereocenters. The predicted molar refractivity (Wildman–Crippen MR) is 123 cm³/mol. The second-order valence-corrected chi connectivity index (χ2v) is 8.37. The molecule has 1 aliphatic rings. The molecule has 0 spiro atoms. The third kappa shape index (κ3) is 5.56. The van der Waals surface area contributed by atoms with Gasteiger partial charge in [0, 0.05) is 18.9 Å². The lowest BCUT2D eigenvalue weighted by Crippen LogP contribution is -2.42. The fraction of sp³-hybridized carbons (Fsp3) is 0.346. The van der Waals surface area contributed by atoms with Gasteiger partial charge in [0.05, 0.1) is 11.7 Å². The van der Waals surface area contributed by atoms with Crippen molar-refractivity contribution in [2.24, 2.45) is 5.92 Å². The lowest BCUT2D eigenvalue weighted by atomic mass is 9.86. The largest absolute Gasteiger partial charge is 0.342 e. The summed E-state index contributed by atoms with van der Waals surface area (Å²) in [6.07, 6.45) is 5.51. The third-order valence-electron chi connectivity index (χ3n) is 6.19. The first kappa shape index (κ1) is 21.2. The Kier molecular flexibility index (Phi) is 7.05. The molecule has 3 heterocycles. The molecule has 1 aliphatic heterocycles. The number of aromatic nitrogens is 2. The van der Waals surface area contributed by atoms with E-state index in [1.54, 1.807) is 18.5 Å². The summed E-state index contributed by atoms with van der Waals surface area (Å²) in [5.41, 5.74) is 2.75. The van der Waals surface area contributed by atoms with Crippen LogP contribution < -0.4 is 5.32 Å². The van der Waals surface area contributed by atoms with Crippen molar-refractivity contribution >= 4 is 5.91 Å². The van der Waals surface area contributed by atoms with Gasteiger partial charge in [0.15, 0.2) is 0 Å². The number of hydrogen-bond acceptors (Lipinski definition) is 4. The van der Waals surface area contributed by atoms with Gasteiger partial charge in [-0.3, -0.25) is 14.8 Å². The molecule has 1 fully saturated rings. The van der Waals surface area contributed by atoms with Gasteiger partial charge in [-0.25, -0.2) is 0 Å². The van der Waals surface area contributed by atoms with E-state index in [-0.39, 0.29) is 11.9 Å². The summed E-state index contributed by atoms with van der Waals surface area (Å²) in [5.74, 6) is 0.718. The number of piperidine rings is 1. The average Bonchev–Trinajstić information content (AvgIpc) is 2.84. The van der Waals surface area contributed by atoms with E-state index in [4.69, 9.17) is 0 Å². The van der Waals surface area contributed by atoms with Crippen molar-refractivity contribution in [3.63, 3.8) is 0 Å². The highest BCUT2D eigenvalue weighted by Gasteiger charge is 2.30. The van der Waals surface area contributed by atoms with Crippen molar-refractivity contribution < 1.29 is 4.79 Å². The first-order chi connectivity index (χ1) is 15.2. The van der Waals surface area contributed by atoms with E-state index in [1.165, 1.54) is 5.56 Å². The number of amides is 1. The summed E-state index contributed by atoms with van der Waals surface area (Å²) < 4.78 is 0. The number of hydrogen-bond donors (Lipinski definition) is 1. The fourth-order valence-corrected chi connectivity index (χ4v) is 4.45. The first-order valence-electron chi connectivity index (χ1n) is 11.1. The van der Waals surface area contributed by atoms with Crippen LogP contribution in [0.1, 0.15) is 53.5 Å². The van der Waals surface area contributed by atoms with Crippen molar-refractivity contribution in [2.75, 3.05) is 19.6 Å². The molecule has 1 saturated heterocycles. The van der Waals surface area contributed by atoms with Gasteiger partial charge in [-0.15, -0.1) is 0 Å². The molecule has 5 nitrogen and oxygen atoms in total. The molecule has 0 radical (unpaired) electrons. The molecule has 0 bridgehead atoms. The molecular formula is C26H30N4O. The Labute approximate surface area is 184 Å². The summed E-state index contributed by atoms with van der Waals surface area (Å²) in [6, 6.07) is 21.9. The van der Waals surface area contributed by atoms with Gasteiger partial charge < -0.3 is 10.2 Å². The molecular weight excluding hydrogens is 384 g/mol. The summed E-state index contributed by atoms with van der Waals surface area (Å²) in [5, 5.41) is 3.22. The molecule has 1 N–H and O–H groups in total. The lowest BCUT2D eigenvalue weighted by Gasteiger charge is -2.37. The summed E-state index contributed by atoms with van der Waals surface area (Å²) in [7, 11) is 0. The SMILES string of the molecule is CC(CN1CCC(C(NC(=O)c2ccccn2)c2ccccn2)CC1)c1ccccc1. The van der Waals surface area contributed by atoms with Crippen molar-refractivity contribution in [1.29, 1.82) is 0 Å². The Morgan fingerprint density at radius 1 is 0.968 bits per heavy atom. The van der Waals surface area contributed by atoms with Crippen LogP contribution in [0, 0.1) is 5.92 Å². The molecule has 31 heavy (non-hydrogen) atoms. The maximum atomic E-state index is 12.8. The van der Waals surface area contributed by atoms with Gasteiger partial charge >= 0.3 is 0 Å². The molecule has 4 rings (SSSR count). The van der Waals surface area contributed by atoms with Crippen LogP contribution >= 0.6 is 0 Å². The van der Waals surface area contributed by atoms with E-state index < -0.39 is 0 Å². The minimum absolute atomic E-state index is 0.107. The third-order valence-corrected chi connectivity index (χ3v) is 6.19. The van der Waals surface area contributed by atoms with Crippen molar-refractivity contribution in [3.8, 4) is 0 Å². The maximum Gasteiger partial charge on any atom is 0.270 e. The minimum atomic E-state index is -0.142. The van der Waals surface area contributed by atoms with Gasteiger partial charge in [0.1, 0.15) is 5.69 Å². The number of nitrogens with one attached hydrogen (secondary N) is 1. The maximum absolute atomic E-state index is 12.8. The lowest BCUT2D eigenvalue weighted by molar-refractivity contribution is 0.0884.